The van der Waals surface area contributed by atoms with Gasteiger partial charge in [0.05, 0.1) is 6.42 Å². The Balaban J connectivity index is 1.43. The smallest absolute Gasteiger partial charge is 0.254 e. The van der Waals surface area contributed by atoms with Crippen LogP contribution in [0.2, 0.25) is 0 Å². The van der Waals surface area contributed by atoms with Crippen LogP contribution in [-0.2, 0) is 17.6 Å². The van der Waals surface area contributed by atoms with E-state index in [4.69, 9.17) is 0 Å². The van der Waals surface area contributed by atoms with E-state index >= 15 is 0 Å². The summed E-state index contributed by atoms with van der Waals surface area (Å²) >= 11 is 0. The van der Waals surface area contributed by atoms with E-state index in [1.165, 1.54) is 38.5 Å². The lowest BCUT2D eigenvalue weighted by Crippen LogP contribution is -2.56. The summed E-state index contributed by atoms with van der Waals surface area (Å²) in [5.74, 6) is 3.08. The van der Waals surface area contributed by atoms with Crippen LogP contribution < -0.4 is 10.9 Å². The van der Waals surface area contributed by atoms with Crippen molar-refractivity contribution < 1.29 is 4.79 Å². The van der Waals surface area contributed by atoms with Gasteiger partial charge in [0, 0.05) is 17.3 Å². The molecule has 0 aliphatic heterocycles. The van der Waals surface area contributed by atoms with Crippen molar-refractivity contribution in [2.24, 2.45) is 23.2 Å². The normalized spacial score (nSPS) is 33.3. The van der Waals surface area contributed by atoms with Gasteiger partial charge in [-0.05, 0) is 82.0 Å². The number of aryl methyl sites for hydroxylation is 1. The van der Waals surface area contributed by atoms with Gasteiger partial charge in [0.2, 0.25) is 5.91 Å². The standard InChI is InChI=1S/C21H31N3O2/c1-4-17-12(2)22-18(24-20(17)26)8-19(25)23-13(3)21-9-14-5-15(10-21)7-16(6-14)11-21/h13-16H,4-11H2,1-3H3,(H,23,25)(H,22,24,26). The fourth-order valence-corrected chi connectivity index (χ4v) is 6.47. The summed E-state index contributed by atoms with van der Waals surface area (Å²) in [7, 11) is 0. The van der Waals surface area contributed by atoms with Crippen molar-refractivity contribution in [2.75, 3.05) is 0 Å². The lowest BCUT2D eigenvalue weighted by Gasteiger charge is -2.59. The van der Waals surface area contributed by atoms with Crippen LogP contribution >= 0.6 is 0 Å². The first-order valence-corrected chi connectivity index (χ1v) is 10.3. The molecule has 1 unspecified atom stereocenters. The van der Waals surface area contributed by atoms with Gasteiger partial charge in [-0.15, -0.1) is 0 Å². The maximum absolute atomic E-state index is 12.6. The van der Waals surface area contributed by atoms with Crippen molar-refractivity contribution >= 4 is 5.91 Å². The van der Waals surface area contributed by atoms with E-state index < -0.39 is 0 Å². The molecular weight excluding hydrogens is 326 g/mol. The molecule has 0 saturated heterocycles. The van der Waals surface area contributed by atoms with E-state index in [9.17, 15) is 9.59 Å². The molecular formula is C21H31N3O2. The minimum absolute atomic E-state index is 0.0277. The van der Waals surface area contributed by atoms with E-state index in [1.54, 1.807) is 0 Å². The lowest BCUT2D eigenvalue weighted by molar-refractivity contribution is -0.125. The third-order valence-electron chi connectivity index (χ3n) is 7.33. The van der Waals surface area contributed by atoms with Crippen LogP contribution in [0, 0.1) is 30.1 Å². The molecule has 2 N–H and O–H groups in total. The molecule has 1 atom stereocenters. The summed E-state index contributed by atoms with van der Waals surface area (Å²) in [6.45, 7) is 5.97. The van der Waals surface area contributed by atoms with Crippen LogP contribution in [-0.4, -0.2) is 21.9 Å². The number of nitrogens with one attached hydrogen (secondary N) is 2. The Morgan fingerprint density at radius 2 is 1.81 bits per heavy atom. The Morgan fingerprint density at radius 1 is 1.23 bits per heavy atom. The molecule has 4 aliphatic rings. The molecule has 0 aromatic carbocycles. The average molecular weight is 357 g/mol. The van der Waals surface area contributed by atoms with E-state index in [2.05, 4.69) is 22.2 Å². The second kappa shape index (κ2) is 6.50. The monoisotopic (exact) mass is 357 g/mol. The second-order valence-electron chi connectivity index (χ2n) is 9.18. The van der Waals surface area contributed by atoms with E-state index in [0.717, 1.165) is 23.4 Å². The number of aromatic nitrogens is 2. The maximum atomic E-state index is 12.6. The van der Waals surface area contributed by atoms with Crippen LogP contribution in [0.15, 0.2) is 4.79 Å². The molecule has 1 aromatic heterocycles. The maximum Gasteiger partial charge on any atom is 0.254 e. The van der Waals surface area contributed by atoms with Crippen molar-refractivity contribution in [3.63, 3.8) is 0 Å². The zero-order valence-electron chi connectivity index (χ0n) is 16.2. The molecule has 4 fully saturated rings. The van der Waals surface area contributed by atoms with Crippen molar-refractivity contribution in [1.29, 1.82) is 0 Å². The summed E-state index contributed by atoms with van der Waals surface area (Å²) in [5, 5.41) is 3.25. The third kappa shape index (κ3) is 3.10. The van der Waals surface area contributed by atoms with Gasteiger partial charge in [0.25, 0.3) is 5.56 Å². The Morgan fingerprint density at radius 3 is 2.31 bits per heavy atom. The van der Waals surface area contributed by atoms with Crippen molar-refractivity contribution in [2.45, 2.75) is 78.2 Å². The first-order valence-electron chi connectivity index (χ1n) is 10.3. The average Bonchev–Trinajstić information content (AvgIpc) is 2.53. The minimum Gasteiger partial charge on any atom is -0.353 e. The second-order valence-corrected chi connectivity index (χ2v) is 9.18. The number of rotatable bonds is 5. The molecule has 4 bridgehead atoms. The Hall–Kier alpha value is -1.65. The van der Waals surface area contributed by atoms with Gasteiger partial charge in [0.1, 0.15) is 5.82 Å². The third-order valence-corrected chi connectivity index (χ3v) is 7.33. The number of hydrogen-bond acceptors (Lipinski definition) is 3. The highest BCUT2D eigenvalue weighted by atomic mass is 16.1. The van der Waals surface area contributed by atoms with E-state index in [-0.39, 0.29) is 23.9 Å². The SMILES string of the molecule is CCc1c(C)nc(CC(=O)NC(C)C23CC4CC(CC(C4)C2)C3)[nH]c1=O. The Bertz CT molecular complexity index is 732. The van der Waals surface area contributed by atoms with Gasteiger partial charge < -0.3 is 10.3 Å². The summed E-state index contributed by atoms with van der Waals surface area (Å²) in [5.41, 5.74) is 1.62. The Kier molecular flexibility index (Phi) is 4.44. The number of aromatic amines is 1. The molecule has 5 nitrogen and oxygen atoms in total. The van der Waals surface area contributed by atoms with Crippen molar-refractivity contribution in [3.8, 4) is 0 Å². The number of carbonyl (C=O) groups is 1. The van der Waals surface area contributed by atoms with Gasteiger partial charge in [-0.3, -0.25) is 9.59 Å². The molecule has 5 heteroatoms. The van der Waals surface area contributed by atoms with Gasteiger partial charge in [-0.1, -0.05) is 6.92 Å². The number of H-pyrrole nitrogens is 1. The van der Waals surface area contributed by atoms with Crippen molar-refractivity contribution in [3.05, 3.63) is 27.4 Å². The van der Waals surface area contributed by atoms with E-state index in [1.807, 2.05) is 13.8 Å². The summed E-state index contributed by atoms with van der Waals surface area (Å²) < 4.78 is 0. The number of nitrogens with zero attached hydrogens (tertiary/aromatic N) is 1. The fourth-order valence-electron chi connectivity index (χ4n) is 6.47. The van der Waals surface area contributed by atoms with Crippen LogP contribution in [0.25, 0.3) is 0 Å². The summed E-state index contributed by atoms with van der Waals surface area (Å²) in [4.78, 5) is 31.9. The van der Waals surface area contributed by atoms with Gasteiger partial charge in [-0.2, -0.15) is 0 Å². The largest absolute Gasteiger partial charge is 0.353 e. The van der Waals surface area contributed by atoms with Gasteiger partial charge in [-0.25, -0.2) is 4.98 Å². The molecule has 1 amide bonds. The number of hydrogen-bond donors (Lipinski definition) is 2. The molecule has 5 rings (SSSR count). The molecule has 1 heterocycles. The molecule has 4 aliphatic carbocycles. The van der Waals surface area contributed by atoms with Crippen LogP contribution in [0.4, 0.5) is 0 Å². The highest BCUT2D eigenvalue weighted by Crippen LogP contribution is 2.61. The molecule has 0 spiro atoms. The van der Waals surface area contributed by atoms with Gasteiger partial charge >= 0.3 is 0 Å². The number of amides is 1. The van der Waals surface area contributed by atoms with Crippen LogP contribution in [0.5, 0.6) is 0 Å². The molecule has 1 aromatic rings. The van der Waals surface area contributed by atoms with Gasteiger partial charge in [0.15, 0.2) is 0 Å². The predicted molar refractivity (Wildman–Crippen MR) is 101 cm³/mol. The summed E-state index contributed by atoms with van der Waals surface area (Å²) in [6.07, 6.45) is 8.87. The van der Waals surface area contributed by atoms with Crippen LogP contribution in [0.3, 0.4) is 0 Å². The quantitative estimate of drug-likeness (QED) is 0.851. The highest BCUT2D eigenvalue weighted by Gasteiger charge is 2.53. The predicted octanol–water partition coefficient (Wildman–Crippen LogP) is 2.90. The molecule has 26 heavy (non-hydrogen) atoms. The molecule has 142 valence electrons. The van der Waals surface area contributed by atoms with E-state index in [0.29, 0.717) is 23.2 Å². The highest BCUT2D eigenvalue weighted by molar-refractivity contribution is 5.78. The zero-order chi connectivity index (χ0) is 18.5. The summed E-state index contributed by atoms with van der Waals surface area (Å²) in [6, 6.07) is 0.200. The van der Waals surface area contributed by atoms with Crippen molar-refractivity contribution in [1.82, 2.24) is 15.3 Å². The topological polar surface area (TPSA) is 74.8 Å². The molecule has 4 saturated carbocycles. The minimum atomic E-state index is -0.114. The molecule has 0 radical (unpaired) electrons. The Labute approximate surface area is 155 Å². The van der Waals surface area contributed by atoms with Crippen LogP contribution in [0.1, 0.15) is 69.5 Å². The zero-order valence-corrected chi connectivity index (χ0v) is 16.2. The first-order chi connectivity index (χ1) is 12.4. The first kappa shape index (κ1) is 17.7. The number of carbonyl (C=O) groups excluding carboxylic acids is 1. The lowest BCUT2D eigenvalue weighted by atomic mass is 9.48. The fraction of sp³-hybridized carbons (Fsp3) is 0.762.